The van der Waals surface area contributed by atoms with Gasteiger partial charge in [0.05, 0.1) is 18.7 Å². The summed E-state index contributed by atoms with van der Waals surface area (Å²) in [6, 6.07) is 8.53. The zero-order chi connectivity index (χ0) is 16.9. The summed E-state index contributed by atoms with van der Waals surface area (Å²) in [5.41, 5.74) is 1.41. The summed E-state index contributed by atoms with van der Waals surface area (Å²) < 4.78 is 6.49. The molecule has 0 radical (unpaired) electrons. The van der Waals surface area contributed by atoms with Crippen LogP contribution in [-0.2, 0) is 4.74 Å². The largest absolute Gasteiger partial charge is 0.465 e. The van der Waals surface area contributed by atoms with Gasteiger partial charge in [0.1, 0.15) is 0 Å². The fourth-order valence-electron chi connectivity index (χ4n) is 2.72. The first-order valence-corrected chi connectivity index (χ1v) is 7.93. The number of esters is 1. The maximum absolute atomic E-state index is 12.3. The summed E-state index contributed by atoms with van der Waals surface area (Å²) in [6.07, 6.45) is 4.01. The molecule has 1 amide bonds. The first-order valence-electron chi connectivity index (χ1n) is 7.93. The van der Waals surface area contributed by atoms with Crippen molar-refractivity contribution in [3.63, 3.8) is 0 Å². The van der Waals surface area contributed by atoms with Crippen LogP contribution in [0.15, 0.2) is 36.5 Å². The van der Waals surface area contributed by atoms with Gasteiger partial charge in [-0.25, -0.2) is 4.79 Å². The Morgan fingerprint density at radius 2 is 2.08 bits per heavy atom. The zero-order valence-corrected chi connectivity index (χ0v) is 13.5. The van der Waals surface area contributed by atoms with E-state index in [4.69, 9.17) is 0 Å². The molecule has 1 unspecified atom stereocenters. The molecule has 126 valence electrons. The van der Waals surface area contributed by atoms with Gasteiger partial charge in [0.25, 0.3) is 5.91 Å². The molecule has 2 heterocycles. The number of methoxy groups -OCH3 is 1. The number of anilines is 1. The van der Waals surface area contributed by atoms with Gasteiger partial charge < -0.3 is 15.4 Å². The molecule has 2 N–H and O–H groups in total. The van der Waals surface area contributed by atoms with Gasteiger partial charge in [0.2, 0.25) is 0 Å². The molecule has 24 heavy (non-hydrogen) atoms. The van der Waals surface area contributed by atoms with Crippen LogP contribution in [0.5, 0.6) is 0 Å². The van der Waals surface area contributed by atoms with E-state index in [0.717, 1.165) is 25.9 Å². The molecule has 1 atom stereocenters. The number of ether oxygens (including phenoxy) is 1. The number of nitrogens with one attached hydrogen (secondary N) is 2. The van der Waals surface area contributed by atoms with Crippen LogP contribution in [0.2, 0.25) is 0 Å². The number of hydrogen-bond donors (Lipinski definition) is 2. The molecule has 0 spiro atoms. The highest BCUT2D eigenvalue weighted by molar-refractivity contribution is 6.03. The monoisotopic (exact) mass is 328 g/mol. The molecule has 2 aromatic rings. The van der Waals surface area contributed by atoms with Gasteiger partial charge in [-0.1, -0.05) is 0 Å². The van der Waals surface area contributed by atoms with Crippen molar-refractivity contribution in [2.24, 2.45) is 0 Å². The van der Waals surface area contributed by atoms with Crippen molar-refractivity contribution < 1.29 is 14.3 Å². The predicted molar refractivity (Wildman–Crippen MR) is 89.1 cm³/mol. The lowest BCUT2D eigenvalue weighted by atomic mass is 10.1. The molecule has 7 nitrogen and oxygen atoms in total. The number of carbonyl (C=O) groups excluding carboxylic acids is 2. The van der Waals surface area contributed by atoms with Crippen molar-refractivity contribution in [1.82, 2.24) is 15.1 Å². The SMILES string of the molecule is COC(=O)c1ccc(NC(=O)c2ccn(C3CCCNC3)n2)cc1. The van der Waals surface area contributed by atoms with E-state index in [2.05, 4.69) is 20.5 Å². The fraction of sp³-hybridized carbons (Fsp3) is 0.353. The summed E-state index contributed by atoms with van der Waals surface area (Å²) in [5, 5.41) is 10.5. The Balaban J connectivity index is 1.64. The number of piperidine rings is 1. The molecule has 3 rings (SSSR count). The molecule has 7 heteroatoms. The second kappa shape index (κ2) is 7.27. The molecule has 1 aliphatic heterocycles. The lowest BCUT2D eigenvalue weighted by Gasteiger charge is -2.22. The Kier molecular flexibility index (Phi) is 4.90. The van der Waals surface area contributed by atoms with Crippen molar-refractivity contribution in [3.8, 4) is 0 Å². The van der Waals surface area contributed by atoms with Crippen molar-refractivity contribution >= 4 is 17.6 Å². The molecule has 1 fully saturated rings. The van der Waals surface area contributed by atoms with Gasteiger partial charge in [-0.05, 0) is 49.7 Å². The maximum atomic E-state index is 12.3. The Bertz CT molecular complexity index is 718. The lowest BCUT2D eigenvalue weighted by molar-refractivity contribution is 0.0600. The molecule has 0 bridgehead atoms. The first kappa shape index (κ1) is 16.2. The molecular formula is C17H20N4O3. The number of rotatable bonds is 4. The second-order valence-corrected chi connectivity index (χ2v) is 5.70. The molecule has 1 aromatic heterocycles. The lowest BCUT2D eigenvalue weighted by Crippen LogP contribution is -2.32. The van der Waals surface area contributed by atoms with Gasteiger partial charge in [-0.2, -0.15) is 5.10 Å². The van der Waals surface area contributed by atoms with E-state index in [9.17, 15) is 9.59 Å². The Hall–Kier alpha value is -2.67. The van der Waals surface area contributed by atoms with E-state index >= 15 is 0 Å². The third-order valence-electron chi connectivity index (χ3n) is 4.05. The van der Waals surface area contributed by atoms with Crippen LogP contribution in [0.25, 0.3) is 0 Å². The Morgan fingerprint density at radius 3 is 2.75 bits per heavy atom. The number of amides is 1. The molecule has 1 aliphatic rings. The van der Waals surface area contributed by atoms with Crippen LogP contribution >= 0.6 is 0 Å². The third-order valence-corrected chi connectivity index (χ3v) is 4.05. The maximum Gasteiger partial charge on any atom is 0.337 e. The summed E-state index contributed by atoms with van der Waals surface area (Å²) in [5.74, 6) is -0.684. The van der Waals surface area contributed by atoms with Crippen LogP contribution in [-0.4, -0.2) is 41.9 Å². The predicted octanol–water partition coefficient (Wildman–Crippen LogP) is 1.85. The Labute approximate surface area is 140 Å². The fourth-order valence-corrected chi connectivity index (χ4v) is 2.72. The van der Waals surface area contributed by atoms with E-state index in [1.807, 2.05) is 10.9 Å². The van der Waals surface area contributed by atoms with Crippen LogP contribution in [0, 0.1) is 0 Å². The molecule has 0 saturated carbocycles. The highest BCUT2D eigenvalue weighted by Gasteiger charge is 2.17. The molecule has 1 aromatic carbocycles. The number of aromatic nitrogens is 2. The normalized spacial score (nSPS) is 17.3. The van der Waals surface area contributed by atoms with E-state index in [-0.39, 0.29) is 5.91 Å². The van der Waals surface area contributed by atoms with Crippen molar-refractivity contribution in [2.75, 3.05) is 25.5 Å². The third kappa shape index (κ3) is 3.62. The minimum atomic E-state index is -0.410. The molecule has 1 saturated heterocycles. The minimum absolute atomic E-state index is 0.275. The van der Waals surface area contributed by atoms with Gasteiger partial charge in [0.15, 0.2) is 5.69 Å². The summed E-state index contributed by atoms with van der Waals surface area (Å²) in [4.78, 5) is 23.7. The second-order valence-electron chi connectivity index (χ2n) is 5.70. The van der Waals surface area contributed by atoms with Crippen LogP contribution in [0.1, 0.15) is 39.7 Å². The molecule has 0 aliphatic carbocycles. The first-order chi connectivity index (χ1) is 11.7. The highest BCUT2D eigenvalue weighted by Crippen LogP contribution is 2.16. The average Bonchev–Trinajstić information content (AvgIpc) is 3.13. The number of carbonyl (C=O) groups is 2. The smallest absolute Gasteiger partial charge is 0.337 e. The standard InChI is InChI=1S/C17H20N4O3/c1-24-17(23)12-4-6-13(7-5-12)19-16(22)15-8-10-21(20-15)14-3-2-9-18-11-14/h4-8,10,14,18H,2-3,9,11H2,1H3,(H,19,22). The average molecular weight is 328 g/mol. The summed E-state index contributed by atoms with van der Waals surface area (Å²) in [7, 11) is 1.33. The van der Waals surface area contributed by atoms with Gasteiger partial charge in [-0.15, -0.1) is 0 Å². The van der Waals surface area contributed by atoms with Crippen LogP contribution < -0.4 is 10.6 Å². The van der Waals surface area contributed by atoms with Gasteiger partial charge in [-0.3, -0.25) is 9.48 Å². The Morgan fingerprint density at radius 1 is 1.29 bits per heavy atom. The van der Waals surface area contributed by atoms with Crippen molar-refractivity contribution in [3.05, 3.63) is 47.8 Å². The minimum Gasteiger partial charge on any atom is -0.465 e. The number of hydrogen-bond acceptors (Lipinski definition) is 5. The zero-order valence-electron chi connectivity index (χ0n) is 13.5. The van der Waals surface area contributed by atoms with Crippen molar-refractivity contribution in [2.45, 2.75) is 18.9 Å². The van der Waals surface area contributed by atoms with E-state index < -0.39 is 5.97 Å². The van der Waals surface area contributed by atoms with E-state index in [1.165, 1.54) is 7.11 Å². The quantitative estimate of drug-likeness (QED) is 0.837. The summed E-state index contributed by atoms with van der Waals surface area (Å²) in [6.45, 7) is 1.91. The van der Waals surface area contributed by atoms with E-state index in [0.29, 0.717) is 23.0 Å². The van der Waals surface area contributed by atoms with Crippen LogP contribution in [0.3, 0.4) is 0 Å². The van der Waals surface area contributed by atoms with Crippen LogP contribution in [0.4, 0.5) is 5.69 Å². The number of benzene rings is 1. The summed E-state index contributed by atoms with van der Waals surface area (Å²) >= 11 is 0. The topological polar surface area (TPSA) is 85.2 Å². The van der Waals surface area contributed by atoms with Crippen molar-refractivity contribution in [1.29, 1.82) is 0 Å². The van der Waals surface area contributed by atoms with E-state index in [1.54, 1.807) is 30.3 Å². The highest BCUT2D eigenvalue weighted by atomic mass is 16.5. The molecular weight excluding hydrogens is 308 g/mol. The van der Waals surface area contributed by atoms with Gasteiger partial charge in [0, 0.05) is 18.4 Å². The van der Waals surface area contributed by atoms with Gasteiger partial charge >= 0.3 is 5.97 Å². The number of nitrogens with zero attached hydrogens (tertiary/aromatic N) is 2.